The Morgan fingerprint density at radius 3 is 2.83 bits per heavy atom. The number of aryl methyl sites for hydroxylation is 2. The Labute approximate surface area is 140 Å². The minimum Gasteiger partial charge on any atom is -0.324 e. The van der Waals surface area contributed by atoms with E-state index in [0.29, 0.717) is 12.1 Å². The number of hydroxylamine groups is 1. The van der Waals surface area contributed by atoms with Crippen LogP contribution in [0.1, 0.15) is 39.8 Å². The van der Waals surface area contributed by atoms with Crippen molar-refractivity contribution in [3.8, 4) is 0 Å². The highest BCUT2D eigenvalue weighted by molar-refractivity contribution is 5.93. The number of nitrogens with one attached hydrogen (secondary N) is 1. The summed E-state index contributed by atoms with van der Waals surface area (Å²) in [6.07, 6.45) is 4.03. The number of rotatable bonds is 4. The molecule has 6 nitrogen and oxygen atoms in total. The number of hydrogen-bond donors (Lipinski definition) is 2. The quantitative estimate of drug-likeness (QED) is 0.571. The lowest BCUT2D eigenvalue weighted by Gasteiger charge is -2.12. The third kappa shape index (κ3) is 2.65. The molecule has 24 heavy (non-hydrogen) atoms. The number of carbonyl (C=O) groups is 1. The molecule has 0 radical (unpaired) electrons. The van der Waals surface area contributed by atoms with Gasteiger partial charge in [0.1, 0.15) is 5.65 Å². The average molecular weight is 324 g/mol. The van der Waals surface area contributed by atoms with Crippen LogP contribution >= 0.6 is 0 Å². The highest BCUT2D eigenvalue weighted by Gasteiger charge is 2.15. The van der Waals surface area contributed by atoms with Gasteiger partial charge in [-0.25, -0.2) is 10.5 Å². The van der Waals surface area contributed by atoms with E-state index in [0.717, 1.165) is 34.4 Å². The predicted molar refractivity (Wildman–Crippen MR) is 91.2 cm³/mol. The van der Waals surface area contributed by atoms with Crippen LogP contribution in [-0.4, -0.2) is 25.6 Å². The Bertz CT molecular complexity index is 915. The summed E-state index contributed by atoms with van der Waals surface area (Å²) in [6, 6.07) is 5.79. The lowest BCUT2D eigenvalue weighted by atomic mass is 10.1. The van der Waals surface area contributed by atoms with E-state index in [4.69, 9.17) is 5.21 Å². The molecule has 124 valence electrons. The zero-order valence-corrected chi connectivity index (χ0v) is 14.0. The number of amides is 1. The summed E-state index contributed by atoms with van der Waals surface area (Å²) < 4.78 is 2.15. The number of fused-ring (bicyclic) bond motifs is 1. The van der Waals surface area contributed by atoms with E-state index in [1.807, 2.05) is 13.0 Å². The summed E-state index contributed by atoms with van der Waals surface area (Å²) in [5, 5.41) is 9.92. The van der Waals surface area contributed by atoms with Gasteiger partial charge in [0.05, 0.1) is 17.8 Å². The summed E-state index contributed by atoms with van der Waals surface area (Å²) in [7, 11) is 0. The van der Waals surface area contributed by atoms with Gasteiger partial charge in [0.25, 0.3) is 5.91 Å². The summed E-state index contributed by atoms with van der Waals surface area (Å²) in [4.78, 5) is 20.5. The molecule has 0 aromatic carbocycles. The fourth-order valence-electron chi connectivity index (χ4n) is 2.98. The van der Waals surface area contributed by atoms with Crippen LogP contribution in [0, 0.1) is 13.8 Å². The molecule has 3 heterocycles. The van der Waals surface area contributed by atoms with Gasteiger partial charge < -0.3 is 4.57 Å². The van der Waals surface area contributed by atoms with Gasteiger partial charge in [0, 0.05) is 23.5 Å². The largest absolute Gasteiger partial charge is 0.324 e. The lowest BCUT2D eigenvalue weighted by molar-refractivity contribution is 0.0706. The summed E-state index contributed by atoms with van der Waals surface area (Å²) >= 11 is 0. The molecule has 0 unspecified atom stereocenters. The van der Waals surface area contributed by atoms with E-state index in [1.165, 1.54) is 11.8 Å². The summed E-state index contributed by atoms with van der Waals surface area (Å²) in [5.41, 5.74) is 7.18. The fraction of sp³-hybridized carbons (Fsp3) is 0.278. The van der Waals surface area contributed by atoms with Crippen LogP contribution in [0.2, 0.25) is 0 Å². The number of aromatic nitrogens is 3. The van der Waals surface area contributed by atoms with Crippen molar-refractivity contribution in [3.63, 3.8) is 0 Å². The first kappa shape index (κ1) is 16.1. The van der Waals surface area contributed by atoms with Gasteiger partial charge in [-0.05, 0) is 49.6 Å². The minimum absolute atomic E-state index is 0.349. The maximum Gasteiger partial charge on any atom is 0.276 e. The highest BCUT2D eigenvalue weighted by Crippen LogP contribution is 2.24. The molecule has 6 heteroatoms. The van der Waals surface area contributed by atoms with Crippen molar-refractivity contribution in [3.05, 3.63) is 58.7 Å². The molecule has 0 aliphatic rings. The minimum atomic E-state index is -0.552. The van der Waals surface area contributed by atoms with Crippen LogP contribution in [0.3, 0.4) is 0 Å². The third-order valence-corrected chi connectivity index (χ3v) is 4.51. The van der Waals surface area contributed by atoms with Crippen LogP contribution in [0.5, 0.6) is 0 Å². The molecule has 3 aromatic heterocycles. The van der Waals surface area contributed by atoms with Gasteiger partial charge in [-0.1, -0.05) is 6.92 Å². The van der Waals surface area contributed by atoms with Gasteiger partial charge in [-0.15, -0.1) is 0 Å². The van der Waals surface area contributed by atoms with Gasteiger partial charge in [-0.2, -0.15) is 0 Å². The predicted octanol–water partition coefficient (Wildman–Crippen LogP) is 2.78. The molecular formula is C18H20N4O2. The number of hydrogen-bond acceptors (Lipinski definition) is 4. The first-order valence-electron chi connectivity index (χ1n) is 7.89. The molecule has 0 aliphatic carbocycles. The normalized spacial score (nSPS) is 11.0. The van der Waals surface area contributed by atoms with Crippen molar-refractivity contribution in [2.75, 3.05) is 0 Å². The average Bonchev–Trinajstić information content (AvgIpc) is 2.86. The number of pyridine rings is 2. The zero-order chi connectivity index (χ0) is 17.3. The van der Waals surface area contributed by atoms with E-state index in [1.54, 1.807) is 17.7 Å². The van der Waals surface area contributed by atoms with Gasteiger partial charge in [0.15, 0.2) is 0 Å². The standard InChI is InChI=1S/C18H20N4O2/c1-4-13-8-14(18(23)21-24)9-20-16(13)10-22-12(3)11(2)15-6-5-7-19-17(15)22/h5-9,24H,4,10H2,1-3H3,(H,21,23). The Morgan fingerprint density at radius 1 is 1.33 bits per heavy atom. The Balaban J connectivity index is 2.06. The molecule has 3 aromatic rings. The Hall–Kier alpha value is -2.73. The van der Waals surface area contributed by atoms with Crippen molar-refractivity contribution in [1.29, 1.82) is 0 Å². The monoisotopic (exact) mass is 324 g/mol. The zero-order valence-electron chi connectivity index (χ0n) is 14.0. The van der Waals surface area contributed by atoms with Gasteiger partial charge in [0.2, 0.25) is 0 Å². The molecular weight excluding hydrogens is 304 g/mol. The van der Waals surface area contributed by atoms with Crippen molar-refractivity contribution in [2.24, 2.45) is 0 Å². The maximum absolute atomic E-state index is 11.6. The molecule has 0 saturated carbocycles. The maximum atomic E-state index is 11.6. The molecule has 0 saturated heterocycles. The number of nitrogens with zero attached hydrogens (tertiary/aromatic N) is 3. The Kier molecular flexibility index (Phi) is 4.31. The molecule has 3 rings (SSSR count). The van der Waals surface area contributed by atoms with E-state index in [-0.39, 0.29) is 0 Å². The smallest absolute Gasteiger partial charge is 0.276 e. The Morgan fingerprint density at radius 2 is 2.12 bits per heavy atom. The molecule has 0 bridgehead atoms. The summed E-state index contributed by atoms with van der Waals surface area (Å²) in [5.74, 6) is -0.552. The first-order chi connectivity index (χ1) is 11.6. The lowest BCUT2D eigenvalue weighted by Crippen LogP contribution is -2.19. The fourth-order valence-corrected chi connectivity index (χ4v) is 2.98. The molecule has 1 amide bonds. The van der Waals surface area contributed by atoms with Crippen LogP contribution in [-0.2, 0) is 13.0 Å². The SMILES string of the molecule is CCc1cc(C(=O)NO)cnc1Cn1c(C)c(C)c2cccnc21. The van der Waals surface area contributed by atoms with Crippen molar-refractivity contribution >= 4 is 16.9 Å². The number of carbonyl (C=O) groups excluding carboxylic acids is 1. The second-order valence-corrected chi connectivity index (χ2v) is 5.80. The van der Waals surface area contributed by atoms with Crippen molar-refractivity contribution < 1.29 is 10.0 Å². The molecule has 0 fully saturated rings. The van der Waals surface area contributed by atoms with E-state index in [9.17, 15) is 4.79 Å². The van der Waals surface area contributed by atoms with Gasteiger partial charge in [-0.3, -0.25) is 15.0 Å². The molecule has 0 atom stereocenters. The second kappa shape index (κ2) is 6.41. The third-order valence-electron chi connectivity index (χ3n) is 4.51. The van der Waals surface area contributed by atoms with Crippen LogP contribution in [0.25, 0.3) is 11.0 Å². The van der Waals surface area contributed by atoms with Crippen molar-refractivity contribution in [1.82, 2.24) is 20.0 Å². The molecule has 0 spiro atoms. The van der Waals surface area contributed by atoms with E-state index < -0.39 is 5.91 Å². The highest BCUT2D eigenvalue weighted by atomic mass is 16.5. The summed E-state index contributed by atoms with van der Waals surface area (Å²) in [6.45, 7) is 6.79. The molecule has 0 aliphatic heterocycles. The van der Waals surface area contributed by atoms with Crippen LogP contribution < -0.4 is 5.48 Å². The molecule has 2 N–H and O–H groups in total. The topological polar surface area (TPSA) is 80.0 Å². The second-order valence-electron chi connectivity index (χ2n) is 5.80. The van der Waals surface area contributed by atoms with Crippen LogP contribution in [0.15, 0.2) is 30.6 Å². The van der Waals surface area contributed by atoms with Gasteiger partial charge >= 0.3 is 0 Å². The van der Waals surface area contributed by atoms with E-state index in [2.05, 4.69) is 34.4 Å². The van der Waals surface area contributed by atoms with E-state index >= 15 is 0 Å². The van der Waals surface area contributed by atoms with Crippen molar-refractivity contribution in [2.45, 2.75) is 33.7 Å². The first-order valence-corrected chi connectivity index (χ1v) is 7.89. The van der Waals surface area contributed by atoms with Crippen LogP contribution in [0.4, 0.5) is 0 Å².